The minimum absolute atomic E-state index is 0.0306. The fourth-order valence-corrected chi connectivity index (χ4v) is 3.69. The number of carbonyl (C=O) groups excluding carboxylic acids is 3. The average Bonchev–Trinajstić information content (AvgIpc) is 3.23. The smallest absolute Gasteiger partial charge is 0.228 e. The number of carbonyl (C=O) groups is 3. The van der Waals surface area contributed by atoms with Crippen molar-refractivity contribution in [3.63, 3.8) is 0 Å². The van der Waals surface area contributed by atoms with E-state index in [2.05, 4.69) is 10.6 Å². The maximum atomic E-state index is 13.3. The van der Waals surface area contributed by atoms with Gasteiger partial charge in [0.2, 0.25) is 5.91 Å². The number of hydrogen-bond donors (Lipinski definition) is 5. The van der Waals surface area contributed by atoms with Crippen LogP contribution < -0.4 is 10.6 Å². The normalized spacial score (nSPS) is 13.4. The van der Waals surface area contributed by atoms with Crippen LogP contribution >= 0.6 is 0 Å². The van der Waals surface area contributed by atoms with Gasteiger partial charge in [-0.1, -0.05) is 41.5 Å². The molecule has 9 heteroatoms. The van der Waals surface area contributed by atoms with Crippen molar-refractivity contribution in [1.29, 1.82) is 0 Å². The Morgan fingerprint density at radius 3 is 2.06 bits per heavy atom. The molecule has 0 saturated heterocycles. The number of β-amino-alcohol motifs (C(OH)–C–C–N with tert-alkyl or cyclic N) is 1. The van der Waals surface area contributed by atoms with Gasteiger partial charge in [-0.15, -0.1) is 0 Å². The predicted octanol–water partition coefficient (Wildman–Crippen LogP) is 4.58. The molecule has 0 aliphatic heterocycles. The highest BCUT2D eigenvalue weighted by atomic mass is 16.3. The van der Waals surface area contributed by atoms with Gasteiger partial charge < -0.3 is 25.1 Å². The van der Waals surface area contributed by atoms with Crippen molar-refractivity contribution in [2.24, 2.45) is 10.8 Å². The Labute approximate surface area is 211 Å². The summed E-state index contributed by atoms with van der Waals surface area (Å²) in [4.78, 5) is 39.0. The minimum atomic E-state index is -1.41. The highest BCUT2D eigenvalue weighted by molar-refractivity contribution is 6.09. The van der Waals surface area contributed by atoms with Crippen molar-refractivity contribution in [2.75, 3.05) is 11.9 Å². The minimum Gasteiger partial charge on any atom is -0.504 e. The molecule has 0 spiro atoms. The zero-order valence-electron chi connectivity index (χ0n) is 22.3. The van der Waals surface area contributed by atoms with Crippen LogP contribution in [-0.2, 0) is 4.79 Å². The first-order valence-corrected chi connectivity index (χ1v) is 11.8. The molecule has 1 amide bonds. The monoisotopic (exact) mass is 502 g/mol. The van der Waals surface area contributed by atoms with E-state index in [4.69, 9.17) is 4.42 Å². The Morgan fingerprint density at radius 2 is 1.56 bits per heavy atom. The number of furan rings is 1. The zero-order valence-corrected chi connectivity index (χ0v) is 22.3. The Bertz CT molecular complexity index is 1120. The first kappa shape index (κ1) is 29.1. The highest BCUT2D eigenvalue weighted by Gasteiger charge is 2.37. The van der Waals surface area contributed by atoms with Crippen LogP contribution in [-0.4, -0.2) is 44.9 Å². The van der Waals surface area contributed by atoms with E-state index >= 15 is 0 Å². The number of Topliss-reactive ketones (excluding diaryl/α,β-unsaturated/α-hetero) is 2. The van der Waals surface area contributed by atoms with E-state index in [0.717, 1.165) is 6.07 Å². The number of nitrogens with one attached hydrogen (secondary N) is 2. The van der Waals surface area contributed by atoms with Gasteiger partial charge in [-0.25, -0.2) is 0 Å². The molecule has 1 aromatic heterocycles. The fourth-order valence-electron chi connectivity index (χ4n) is 3.69. The van der Waals surface area contributed by atoms with Crippen LogP contribution in [0, 0.1) is 10.8 Å². The Morgan fingerprint density at radius 1 is 0.972 bits per heavy atom. The van der Waals surface area contributed by atoms with Crippen molar-refractivity contribution in [1.82, 2.24) is 5.32 Å². The standard InChI is InChI=1S/C27H38N2O7/c1-25(2,3)23(34)15-12-16(30)22(33)21(24(35)26(4,5)6)20(15)17(31)14-28-27(7,8)13-18(32)29-19-10-9-11-36-19/h9-12,17,28,30-31,33H,13-14H2,1-8H3,(H,29,32). The molecule has 0 radical (unpaired) electrons. The van der Waals surface area contributed by atoms with Crippen LogP contribution in [0.2, 0.25) is 0 Å². The topological polar surface area (TPSA) is 149 Å². The Balaban J connectivity index is 2.43. The van der Waals surface area contributed by atoms with Crippen molar-refractivity contribution >= 4 is 23.4 Å². The summed E-state index contributed by atoms with van der Waals surface area (Å²) < 4.78 is 5.12. The largest absolute Gasteiger partial charge is 0.504 e. The molecule has 0 fully saturated rings. The van der Waals surface area contributed by atoms with Gasteiger partial charge in [0.05, 0.1) is 17.9 Å². The Kier molecular flexibility index (Phi) is 8.43. The maximum Gasteiger partial charge on any atom is 0.228 e. The van der Waals surface area contributed by atoms with E-state index in [1.165, 1.54) is 6.26 Å². The summed E-state index contributed by atoms with van der Waals surface area (Å²) in [5, 5.41) is 38.0. The number of phenols is 2. The molecule has 1 unspecified atom stereocenters. The van der Waals surface area contributed by atoms with Gasteiger partial charge >= 0.3 is 0 Å². The van der Waals surface area contributed by atoms with Crippen molar-refractivity contribution in [3.05, 3.63) is 41.2 Å². The summed E-state index contributed by atoms with van der Waals surface area (Å²) in [6.45, 7) is 13.3. The lowest BCUT2D eigenvalue weighted by Crippen LogP contribution is -2.44. The van der Waals surface area contributed by atoms with Gasteiger partial charge in [0.15, 0.2) is 28.9 Å². The number of amides is 1. The molecule has 36 heavy (non-hydrogen) atoms. The third-order valence-corrected chi connectivity index (χ3v) is 5.65. The number of aliphatic hydroxyl groups is 1. The first-order valence-electron chi connectivity index (χ1n) is 11.8. The molecular formula is C27H38N2O7. The number of aromatic hydroxyl groups is 2. The summed E-state index contributed by atoms with van der Waals surface area (Å²) in [5.74, 6) is -2.25. The molecule has 1 heterocycles. The molecule has 9 nitrogen and oxygen atoms in total. The van der Waals surface area contributed by atoms with E-state index < -0.39 is 45.5 Å². The van der Waals surface area contributed by atoms with E-state index in [1.54, 1.807) is 67.5 Å². The zero-order chi connectivity index (χ0) is 27.6. The van der Waals surface area contributed by atoms with E-state index in [1.807, 2.05) is 0 Å². The first-order chi connectivity index (χ1) is 16.3. The number of benzene rings is 1. The molecule has 1 atom stereocenters. The molecular weight excluding hydrogens is 464 g/mol. The van der Waals surface area contributed by atoms with Gasteiger partial charge in [-0.05, 0) is 26.0 Å². The lowest BCUT2D eigenvalue weighted by Gasteiger charge is -2.30. The number of anilines is 1. The van der Waals surface area contributed by atoms with Crippen molar-refractivity contribution in [3.8, 4) is 11.5 Å². The molecule has 2 rings (SSSR count). The fraction of sp³-hybridized carbons (Fsp3) is 0.519. The van der Waals surface area contributed by atoms with Gasteiger partial charge in [-0.2, -0.15) is 0 Å². The number of phenolic OH excluding ortho intramolecular Hbond substituents is 2. The van der Waals surface area contributed by atoms with Gasteiger partial charge in [-0.3, -0.25) is 19.7 Å². The van der Waals surface area contributed by atoms with Crippen LogP contribution in [0.4, 0.5) is 5.88 Å². The molecule has 0 aliphatic carbocycles. The molecule has 0 saturated carbocycles. The molecule has 2 aromatic rings. The number of hydrogen-bond acceptors (Lipinski definition) is 8. The van der Waals surface area contributed by atoms with Crippen LogP contribution in [0.3, 0.4) is 0 Å². The second-order valence-corrected chi connectivity index (χ2v) is 11.7. The number of ketones is 2. The van der Waals surface area contributed by atoms with Crippen LogP contribution in [0.15, 0.2) is 28.9 Å². The highest BCUT2D eigenvalue weighted by Crippen LogP contribution is 2.42. The lowest BCUT2D eigenvalue weighted by molar-refractivity contribution is -0.117. The second-order valence-electron chi connectivity index (χ2n) is 11.7. The predicted molar refractivity (Wildman–Crippen MR) is 136 cm³/mol. The molecule has 0 aliphatic rings. The summed E-state index contributed by atoms with van der Waals surface area (Å²) in [7, 11) is 0. The van der Waals surface area contributed by atoms with E-state index in [0.29, 0.717) is 5.88 Å². The summed E-state index contributed by atoms with van der Waals surface area (Å²) >= 11 is 0. The average molecular weight is 503 g/mol. The van der Waals surface area contributed by atoms with Crippen molar-refractivity contribution in [2.45, 2.75) is 73.5 Å². The van der Waals surface area contributed by atoms with E-state index in [9.17, 15) is 29.7 Å². The van der Waals surface area contributed by atoms with Crippen LogP contribution in [0.1, 0.15) is 94.2 Å². The van der Waals surface area contributed by atoms with Gasteiger partial charge in [0, 0.05) is 46.5 Å². The maximum absolute atomic E-state index is 13.3. The lowest BCUT2D eigenvalue weighted by atomic mass is 9.78. The third kappa shape index (κ3) is 6.95. The molecule has 5 N–H and O–H groups in total. The third-order valence-electron chi connectivity index (χ3n) is 5.65. The second kappa shape index (κ2) is 10.4. The summed E-state index contributed by atoms with van der Waals surface area (Å²) in [6, 6.07) is 4.35. The molecule has 198 valence electrons. The van der Waals surface area contributed by atoms with Crippen LogP contribution in [0.5, 0.6) is 11.5 Å². The molecule has 1 aromatic carbocycles. The summed E-state index contributed by atoms with van der Waals surface area (Å²) in [6.07, 6.45) is 0.0598. The SMILES string of the molecule is CC(C)(CC(=O)Nc1ccco1)NCC(O)c1c(C(=O)C(C)(C)C)cc(O)c(O)c1C(=O)C(C)(C)C. The number of rotatable bonds is 9. The number of aliphatic hydroxyl groups excluding tert-OH is 1. The quantitative estimate of drug-likeness (QED) is 0.247. The van der Waals surface area contributed by atoms with Crippen molar-refractivity contribution < 1.29 is 34.1 Å². The molecule has 0 bridgehead atoms. The van der Waals surface area contributed by atoms with Crippen LogP contribution in [0.25, 0.3) is 0 Å². The van der Waals surface area contributed by atoms with Gasteiger partial charge in [0.1, 0.15) is 0 Å². The summed E-state index contributed by atoms with van der Waals surface area (Å²) in [5.41, 5.74) is -3.06. The van der Waals surface area contributed by atoms with E-state index in [-0.39, 0.29) is 35.6 Å². The van der Waals surface area contributed by atoms with Gasteiger partial charge in [0.25, 0.3) is 0 Å². The Hall–Kier alpha value is -3.17.